The Balaban J connectivity index is 1.23. The van der Waals surface area contributed by atoms with Gasteiger partial charge in [0, 0.05) is 31.1 Å². The first-order valence-electron chi connectivity index (χ1n) is 12.4. The summed E-state index contributed by atoms with van der Waals surface area (Å²) < 4.78 is 47.2. The van der Waals surface area contributed by atoms with E-state index in [0.717, 1.165) is 23.1 Å². The van der Waals surface area contributed by atoms with E-state index in [1.165, 1.54) is 23.1 Å². The van der Waals surface area contributed by atoms with Gasteiger partial charge in [-0.1, -0.05) is 6.07 Å². The number of aliphatic hydroxyl groups is 1. The molecule has 2 fully saturated rings. The van der Waals surface area contributed by atoms with Gasteiger partial charge in [-0.25, -0.2) is 13.2 Å². The number of hydrogen-bond acceptors (Lipinski definition) is 7. The molecule has 13 heteroatoms. The zero-order chi connectivity index (χ0) is 27.9. The fourth-order valence-electron chi connectivity index (χ4n) is 5.00. The van der Waals surface area contributed by atoms with Gasteiger partial charge in [-0.05, 0) is 54.8 Å². The molecule has 0 aliphatic carbocycles. The Morgan fingerprint density at radius 1 is 1.23 bits per heavy atom. The van der Waals surface area contributed by atoms with Gasteiger partial charge in [-0.15, -0.1) is 5.10 Å². The van der Waals surface area contributed by atoms with Crippen molar-refractivity contribution in [2.75, 3.05) is 18.1 Å². The van der Waals surface area contributed by atoms with Crippen LogP contribution in [0.3, 0.4) is 0 Å². The monoisotopic (exact) mass is 544 g/mol. The number of hydrogen-bond donors (Lipinski definition) is 3. The largest absolute Gasteiger partial charge is 0.372 e. The molecule has 2 aliphatic rings. The van der Waals surface area contributed by atoms with Crippen molar-refractivity contribution in [3.63, 3.8) is 0 Å². The van der Waals surface area contributed by atoms with Crippen LogP contribution in [0.5, 0.6) is 0 Å². The lowest BCUT2D eigenvalue weighted by atomic mass is 9.94. The van der Waals surface area contributed by atoms with Crippen molar-refractivity contribution in [1.29, 1.82) is 0 Å². The van der Waals surface area contributed by atoms with Crippen molar-refractivity contribution in [1.82, 2.24) is 20.3 Å². The first-order chi connectivity index (χ1) is 18.5. The van der Waals surface area contributed by atoms with Gasteiger partial charge in [0.1, 0.15) is 23.6 Å². The maximum Gasteiger partial charge on any atom is 0.270 e. The lowest BCUT2D eigenvalue weighted by Gasteiger charge is -2.34. The van der Waals surface area contributed by atoms with E-state index < -0.39 is 53.1 Å². The number of carbonyl (C=O) groups is 2. The van der Waals surface area contributed by atoms with E-state index >= 15 is 0 Å². The normalized spacial score (nSPS) is 25.2. The van der Waals surface area contributed by atoms with E-state index in [1.807, 2.05) is 0 Å². The molecular formula is C26H27F3N6O4. The number of halogens is 3. The summed E-state index contributed by atoms with van der Waals surface area (Å²) >= 11 is 0. The molecule has 10 nitrogen and oxygen atoms in total. The molecule has 3 heterocycles. The summed E-state index contributed by atoms with van der Waals surface area (Å²) in [6.45, 7) is 1.72. The molecule has 2 saturated heterocycles. The Labute approximate surface area is 221 Å². The molecule has 2 amide bonds. The summed E-state index contributed by atoms with van der Waals surface area (Å²) in [5, 5.41) is 21.9. The lowest BCUT2D eigenvalue weighted by Crippen LogP contribution is -2.52. The molecule has 3 aromatic rings. The van der Waals surface area contributed by atoms with Gasteiger partial charge in [0.25, 0.3) is 11.8 Å². The smallest absolute Gasteiger partial charge is 0.270 e. The van der Waals surface area contributed by atoms with Crippen LogP contribution in [0.4, 0.5) is 19.0 Å². The highest BCUT2D eigenvalue weighted by molar-refractivity contribution is 6.16. The van der Waals surface area contributed by atoms with Crippen LogP contribution in [0.25, 0.3) is 0 Å². The predicted molar refractivity (Wildman–Crippen MR) is 132 cm³/mol. The number of anilines is 1. The van der Waals surface area contributed by atoms with Crippen molar-refractivity contribution in [3.8, 4) is 0 Å². The van der Waals surface area contributed by atoms with E-state index in [-0.39, 0.29) is 43.9 Å². The van der Waals surface area contributed by atoms with Gasteiger partial charge in [-0.3, -0.25) is 14.5 Å². The van der Waals surface area contributed by atoms with Gasteiger partial charge in [0.2, 0.25) is 5.60 Å². The Morgan fingerprint density at radius 2 is 2.03 bits per heavy atom. The molecule has 0 spiro atoms. The molecule has 0 bridgehead atoms. The molecule has 2 aromatic carbocycles. The third-order valence-electron chi connectivity index (χ3n) is 6.99. The van der Waals surface area contributed by atoms with Crippen molar-refractivity contribution < 1.29 is 32.6 Å². The van der Waals surface area contributed by atoms with Crippen LogP contribution in [-0.4, -0.2) is 56.7 Å². The molecule has 4 N–H and O–H groups in total. The SMILES string of the molecule is Cc1cc(F)cc(CNC(=O)C2(O)CCN(c3cnn(C4COC(c5cc(F)ccc5F)C(N)C4)n3)C2=O)c1. The minimum absolute atomic E-state index is 0.0160. The van der Waals surface area contributed by atoms with E-state index in [0.29, 0.717) is 11.1 Å². The molecule has 206 valence electrons. The molecule has 5 rings (SSSR count). The van der Waals surface area contributed by atoms with Crippen LogP contribution in [-0.2, 0) is 20.9 Å². The Morgan fingerprint density at radius 3 is 2.77 bits per heavy atom. The second-order valence-electron chi connectivity index (χ2n) is 9.88. The number of nitrogens with two attached hydrogens (primary N) is 1. The minimum Gasteiger partial charge on any atom is -0.372 e. The maximum absolute atomic E-state index is 14.2. The summed E-state index contributed by atoms with van der Waals surface area (Å²) in [4.78, 5) is 28.3. The summed E-state index contributed by atoms with van der Waals surface area (Å²) in [5.41, 5.74) is 5.10. The molecule has 0 radical (unpaired) electrons. The van der Waals surface area contributed by atoms with Crippen molar-refractivity contribution in [3.05, 3.63) is 76.7 Å². The zero-order valence-corrected chi connectivity index (χ0v) is 21.0. The molecule has 1 aromatic heterocycles. The van der Waals surface area contributed by atoms with Gasteiger partial charge < -0.3 is 20.9 Å². The van der Waals surface area contributed by atoms with Crippen LogP contribution < -0.4 is 16.0 Å². The second-order valence-corrected chi connectivity index (χ2v) is 9.88. The highest BCUT2D eigenvalue weighted by atomic mass is 19.1. The molecule has 39 heavy (non-hydrogen) atoms. The number of ether oxygens (including phenoxy) is 1. The quantitative estimate of drug-likeness (QED) is 0.403. The Hall–Kier alpha value is -3.81. The van der Waals surface area contributed by atoms with Crippen molar-refractivity contribution in [2.45, 2.75) is 50.1 Å². The Kier molecular flexibility index (Phi) is 7.14. The molecule has 2 aliphatic heterocycles. The predicted octanol–water partition coefficient (Wildman–Crippen LogP) is 1.82. The zero-order valence-electron chi connectivity index (χ0n) is 21.0. The van der Waals surface area contributed by atoms with Crippen LogP contribution in [0, 0.1) is 24.4 Å². The van der Waals surface area contributed by atoms with Crippen LogP contribution in [0.15, 0.2) is 42.6 Å². The number of aromatic nitrogens is 3. The summed E-state index contributed by atoms with van der Waals surface area (Å²) in [7, 11) is 0. The molecule has 4 unspecified atom stereocenters. The standard InChI is InChI=1S/C26H27F3N6O4/c1-14-6-15(8-17(28)7-14)11-31-24(36)26(38)4-5-34(25(26)37)22-12-32-35(33-22)18-10-21(30)23(39-13-18)19-9-16(27)2-3-20(19)29/h2-3,6-9,12,18,21,23,38H,4-5,10-11,13,30H2,1H3,(H,31,36). The van der Waals surface area contributed by atoms with E-state index in [1.54, 1.807) is 13.0 Å². The number of nitrogens with one attached hydrogen (secondary N) is 1. The molecule has 4 atom stereocenters. The second kappa shape index (κ2) is 10.4. The maximum atomic E-state index is 14.2. The number of rotatable bonds is 6. The first kappa shape index (κ1) is 26.8. The third kappa shape index (κ3) is 5.24. The molecular weight excluding hydrogens is 517 g/mol. The fraction of sp³-hybridized carbons (Fsp3) is 0.385. The Bertz CT molecular complexity index is 1400. The van der Waals surface area contributed by atoms with Gasteiger partial charge in [-0.2, -0.15) is 9.90 Å². The van der Waals surface area contributed by atoms with Crippen LogP contribution in [0.2, 0.25) is 0 Å². The van der Waals surface area contributed by atoms with Gasteiger partial charge >= 0.3 is 0 Å². The number of nitrogens with zero attached hydrogens (tertiary/aromatic N) is 4. The first-order valence-corrected chi connectivity index (χ1v) is 12.4. The topological polar surface area (TPSA) is 136 Å². The summed E-state index contributed by atoms with van der Waals surface area (Å²) in [5.74, 6) is -3.31. The van der Waals surface area contributed by atoms with Crippen molar-refractivity contribution in [2.24, 2.45) is 5.73 Å². The van der Waals surface area contributed by atoms with Crippen LogP contribution >= 0.6 is 0 Å². The average Bonchev–Trinajstić information content (AvgIpc) is 3.49. The fourth-order valence-corrected chi connectivity index (χ4v) is 5.00. The highest BCUT2D eigenvalue weighted by Crippen LogP contribution is 2.34. The number of benzene rings is 2. The van der Waals surface area contributed by atoms with Crippen molar-refractivity contribution >= 4 is 17.6 Å². The summed E-state index contributed by atoms with van der Waals surface area (Å²) in [6.07, 6.45) is 0.581. The average molecular weight is 545 g/mol. The van der Waals surface area contributed by atoms with Crippen LogP contribution in [0.1, 0.15) is 41.7 Å². The highest BCUT2D eigenvalue weighted by Gasteiger charge is 2.52. The number of amides is 2. The van der Waals surface area contributed by atoms with E-state index in [2.05, 4.69) is 15.5 Å². The number of aryl methyl sites for hydroxylation is 1. The van der Waals surface area contributed by atoms with Gasteiger partial charge in [0.05, 0.1) is 18.8 Å². The van der Waals surface area contributed by atoms with E-state index in [9.17, 15) is 27.9 Å². The molecule has 0 saturated carbocycles. The van der Waals surface area contributed by atoms with E-state index in [4.69, 9.17) is 10.5 Å². The van der Waals surface area contributed by atoms with Gasteiger partial charge in [0.15, 0.2) is 5.82 Å². The lowest BCUT2D eigenvalue weighted by molar-refractivity contribution is -0.149. The third-order valence-corrected chi connectivity index (χ3v) is 6.99. The minimum atomic E-state index is -2.31. The summed E-state index contributed by atoms with van der Waals surface area (Å²) in [6, 6.07) is 6.25. The number of carbonyl (C=O) groups excluding carboxylic acids is 2.